The molecule has 8 nitrogen and oxygen atoms in total. The molecule has 0 spiro atoms. The SMILES string of the molecule is CCOc1cc(OC)ccc1CCNC(=O)c1ccc(Oc2c(Cl)cc3c(c2Cl)OCCC3C(=O)O)cc1. The highest BCUT2D eigenvalue weighted by Gasteiger charge is 2.32. The second-order valence-electron chi connectivity index (χ2n) is 8.49. The summed E-state index contributed by atoms with van der Waals surface area (Å²) in [5.41, 5.74) is 1.84. The van der Waals surface area contributed by atoms with Crippen LogP contribution in [-0.4, -0.2) is 43.9 Å². The number of rotatable bonds is 10. The summed E-state index contributed by atoms with van der Waals surface area (Å²) < 4.78 is 22.4. The summed E-state index contributed by atoms with van der Waals surface area (Å²) in [6, 6.07) is 13.6. The van der Waals surface area contributed by atoms with Gasteiger partial charge in [-0.25, -0.2) is 0 Å². The minimum atomic E-state index is -0.969. The first-order valence-electron chi connectivity index (χ1n) is 12.1. The largest absolute Gasteiger partial charge is 0.497 e. The molecule has 1 unspecified atom stereocenters. The van der Waals surface area contributed by atoms with Gasteiger partial charge in [-0.1, -0.05) is 29.3 Å². The Kier molecular flexibility index (Phi) is 8.86. The van der Waals surface area contributed by atoms with Crippen LogP contribution in [0.5, 0.6) is 28.7 Å². The fourth-order valence-corrected chi connectivity index (χ4v) is 4.76. The average molecular weight is 560 g/mol. The molecule has 0 aromatic heterocycles. The summed E-state index contributed by atoms with van der Waals surface area (Å²) in [6.45, 7) is 3.08. The third kappa shape index (κ3) is 6.09. The van der Waals surface area contributed by atoms with E-state index in [0.29, 0.717) is 48.6 Å². The van der Waals surface area contributed by atoms with Crippen molar-refractivity contribution >= 4 is 35.1 Å². The molecule has 2 N–H and O–H groups in total. The Labute approximate surface area is 230 Å². The van der Waals surface area contributed by atoms with Crippen LogP contribution in [0.3, 0.4) is 0 Å². The Balaban J connectivity index is 1.40. The number of carbonyl (C=O) groups excluding carboxylic acids is 1. The van der Waals surface area contributed by atoms with Crippen molar-refractivity contribution in [2.75, 3.05) is 26.9 Å². The molecule has 1 atom stereocenters. The number of aliphatic carboxylic acids is 1. The fourth-order valence-electron chi connectivity index (χ4n) is 4.16. The van der Waals surface area contributed by atoms with Crippen LogP contribution in [0.2, 0.25) is 10.0 Å². The molecule has 3 aromatic rings. The maximum absolute atomic E-state index is 12.7. The number of carboxylic acid groups (broad SMARTS) is 1. The highest BCUT2D eigenvalue weighted by molar-refractivity contribution is 6.38. The van der Waals surface area contributed by atoms with Gasteiger partial charge in [0.05, 0.1) is 31.3 Å². The van der Waals surface area contributed by atoms with Gasteiger partial charge in [0, 0.05) is 23.7 Å². The van der Waals surface area contributed by atoms with Crippen molar-refractivity contribution in [2.24, 2.45) is 0 Å². The Hall–Kier alpha value is -3.62. The van der Waals surface area contributed by atoms with E-state index in [1.165, 1.54) is 6.07 Å². The zero-order valence-corrected chi connectivity index (χ0v) is 22.4. The van der Waals surface area contributed by atoms with E-state index in [-0.39, 0.29) is 34.1 Å². The van der Waals surface area contributed by atoms with E-state index in [2.05, 4.69) is 5.32 Å². The summed E-state index contributed by atoms with van der Waals surface area (Å²) in [6.07, 6.45) is 0.916. The van der Waals surface area contributed by atoms with Crippen LogP contribution in [0, 0.1) is 0 Å². The number of amides is 1. The number of carbonyl (C=O) groups is 2. The molecule has 200 valence electrons. The quantitative estimate of drug-likeness (QED) is 0.308. The van der Waals surface area contributed by atoms with E-state index in [9.17, 15) is 14.7 Å². The minimum absolute atomic E-state index is 0.102. The molecule has 0 radical (unpaired) electrons. The van der Waals surface area contributed by atoms with Gasteiger partial charge in [-0.3, -0.25) is 9.59 Å². The van der Waals surface area contributed by atoms with Gasteiger partial charge in [-0.15, -0.1) is 0 Å². The van der Waals surface area contributed by atoms with E-state index in [1.54, 1.807) is 31.4 Å². The predicted octanol–water partition coefficient (Wildman–Crippen LogP) is 6.12. The maximum Gasteiger partial charge on any atom is 0.311 e. The number of fused-ring (bicyclic) bond motifs is 1. The summed E-state index contributed by atoms with van der Waals surface area (Å²) in [4.78, 5) is 24.3. The third-order valence-corrected chi connectivity index (χ3v) is 6.70. The van der Waals surface area contributed by atoms with Crippen molar-refractivity contribution < 1.29 is 33.6 Å². The lowest BCUT2D eigenvalue weighted by molar-refractivity contribution is -0.139. The molecule has 0 saturated heterocycles. The molecule has 0 fully saturated rings. The number of benzene rings is 3. The number of methoxy groups -OCH3 is 1. The van der Waals surface area contributed by atoms with E-state index >= 15 is 0 Å². The summed E-state index contributed by atoms with van der Waals surface area (Å²) in [5, 5.41) is 12.7. The van der Waals surface area contributed by atoms with E-state index < -0.39 is 11.9 Å². The minimum Gasteiger partial charge on any atom is -0.497 e. The number of carboxylic acids is 1. The van der Waals surface area contributed by atoms with Crippen molar-refractivity contribution in [2.45, 2.75) is 25.7 Å². The Morgan fingerprint density at radius 2 is 1.84 bits per heavy atom. The zero-order chi connectivity index (χ0) is 27.2. The molecule has 1 heterocycles. The van der Waals surface area contributed by atoms with Crippen molar-refractivity contribution in [3.8, 4) is 28.7 Å². The van der Waals surface area contributed by atoms with Crippen LogP contribution in [0.1, 0.15) is 40.7 Å². The summed E-state index contributed by atoms with van der Waals surface area (Å²) in [7, 11) is 1.60. The molecular formula is C28H27Cl2NO7. The number of halogens is 2. The lowest BCUT2D eigenvalue weighted by Crippen LogP contribution is -2.25. The zero-order valence-electron chi connectivity index (χ0n) is 20.9. The van der Waals surface area contributed by atoms with Gasteiger partial charge >= 0.3 is 5.97 Å². The predicted molar refractivity (Wildman–Crippen MR) is 144 cm³/mol. The van der Waals surface area contributed by atoms with Crippen molar-refractivity contribution in [1.82, 2.24) is 5.32 Å². The number of hydrogen-bond donors (Lipinski definition) is 2. The summed E-state index contributed by atoms with van der Waals surface area (Å²) >= 11 is 12.9. The lowest BCUT2D eigenvalue weighted by Gasteiger charge is -2.25. The van der Waals surface area contributed by atoms with Crippen LogP contribution in [0.25, 0.3) is 0 Å². The molecule has 0 bridgehead atoms. The monoisotopic (exact) mass is 559 g/mol. The molecule has 1 aliphatic heterocycles. The van der Waals surface area contributed by atoms with Crippen LogP contribution in [0.15, 0.2) is 48.5 Å². The van der Waals surface area contributed by atoms with Gasteiger partial charge in [0.15, 0.2) is 5.75 Å². The smallest absolute Gasteiger partial charge is 0.311 e. The van der Waals surface area contributed by atoms with Crippen molar-refractivity contribution in [3.63, 3.8) is 0 Å². The molecule has 0 aliphatic carbocycles. The topological polar surface area (TPSA) is 103 Å². The third-order valence-electron chi connectivity index (χ3n) is 6.08. The van der Waals surface area contributed by atoms with E-state index in [0.717, 1.165) is 11.3 Å². The van der Waals surface area contributed by atoms with Crippen molar-refractivity contribution in [1.29, 1.82) is 0 Å². The Bertz CT molecular complexity index is 1330. The Morgan fingerprint density at radius 3 is 2.53 bits per heavy atom. The first-order chi connectivity index (χ1) is 18.3. The maximum atomic E-state index is 12.7. The molecule has 4 rings (SSSR count). The summed E-state index contributed by atoms with van der Waals surface area (Å²) in [5.74, 6) is 0.282. The fraction of sp³-hybridized carbons (Fsp3) is 0.286. The van der Waals surface area contributed by atoms with Crippen LogP contribution >= 0.6 is 23.2 Å². The second kappa shape index (κ2) is 12.3. The van der Waals surface area contributed by atoms with Gasteiger partial charge in [0.25, 0.3) is 5.91 Å². The van der Waals surface area contributed by atoms with E-state index in [4.69, 9.17) is 42.1 Å². The van der Waals surface area contributed by atoms with Crippen LogP contribution in [-0.2, 0) is 11.2 Å². The molecule has 1 amide bonds. The number of hydrogen-bond acceptors (Lipinski definition) is 6. The number of nitrogens with one attached hydrogen (secondary N) is 1. The first-order valence-corrected chi connectivity index (χ1v) is 12.8. The van der Waals surface area contributed by atoms with Gasteiger partial charge in [0.2, 0.25) is 0 Å². The molecule has 0 saturated carbocycles. The average Bonchev–Trinajstić information content (AvgIpc) is 2.91. The first kappa shape index (κ1) is 27.4. The molecule has 3 aromatic carbocycles. The standard InChI is InChI=1S/C28H27Cl2NO7/c1-3-36-23-14-19(35-2)9-4-16(23)10-12-31-27(32)17-5-7-18(8-6-17)38-26-22(29)15-21-20(28(33)34)11-13-37-25(21)24(26)30/h4-9,14-15,20H,3,10-13H2,1-2H3,(H,31,32)(H,33,34). The highest BCUT2D eigenvalue weighted by atomic mass is 35.5. The number of ether oxygens (including phenoxy) is 4. The Morgan fingerprint density at radius 1 is 1.11 bits per heavy atom. The molecule has 38 heavy (non-hydrogen) atoms. The molecule has 1 aliphatic rings. The normalized spacial score (nSPS) is 14.2. The van der Waals surface area contributed by atoms with Crippen LogP contribution in [0.4, 0.5) is 0 Å². The van der Waals surface area contributed by atoms with Gasteiger partial charge in [-0.05, 0) is 61.7 Å². The van der Waals surface area contributed by atoms with Gasteiger partial charge < -0.3 is 29.4 Å². The lowest BCUT2D eigenvalue weighted by atomic mass is 9.93. The molecular weight excluding hydrogens is 533 g/mol. The van der Waals surface area contributed by atoms with Gasteiger partial charge in [0.1, 0.15) is 28.0 Å². The van der Waals surface area contributed by atoms with Crippen molar-refractivity contribution in [3.05, 3.63) is 75.3 Å². The van der Waals surface area contributed by atoms with E-state index in [1.807, 2.05) is 25.1 Å². The second-order valence-corrected chi connectivity index (χ2v) is 9.27. The van der Waals surface area contributed by atoms with Crippen LogP contribution < -0.4 is 24.3 Å². The highest BCUT2D eigenvalue weighted by Crippen LogP contribution is 2.48. The molecule has 10 heteroatoms. The van der Waals surface area contributed by atoms with Gasteiger partial charge in [-0.2, -0.15) is 0 Å².